The Bertz CT molecular complexity index is 503. The number of rotatable bonds is 5. The Morgan fingerprint density at radius 3 is 2.05 bits per heavy atom. The van der Waals surface area contributed by atoms with Crippen LogP contribution < -0.4 is 5.32 Å². The lowest BCUT2D eigenvalue weighted by Crippen LogP contribution is -2.31. The molecule has 2 aromatic rings. The third kappa shape index (κ3) is 3.83. The van der Waals surface area contributed by atoms with E-state index < -0.39 is 0 Å². The minimum Gasteiger partial charge on any atom is -0.396 e. The molecule has 100 valence electrons. The molecular formula is C17H21NO. The molecule has 0 aliphatic heterocycles. The minimum absolute atomic E-state index is 0.0942. The molecule has 0 heterocycles. The summed E-state index contributed by atoms with van der Waals surface area (Å²) in [6, 6.07) is 18.7. The highest BCUT2D eigenvalue weighted by molar-refractivity contribution is 5.66. The van der Waals surface area contributed by atoms with Gasteiger partial charge in [-0.1, -0.05) is 42.5 Å². The van der Waals surface area contributed by atoms with Crippen molar-refractivity contribution in [1.29, 1.82) is 0 Å². The molecule has 0 saturated heterocycles. The van der Waals surface area contributed by atoms with E-state index in [4.69, 9.17) is 5.11 Å². The van der Waals surface area contributed by atoms with Crippen LogP contribution in [-0.4, -0.2) is 17.3 Å². The van der Waals surface area contributed by atoms with E-state index in [2.05, 4.69) is 55.6 Å². The number of benzene rings is 2. The summed E-state index contributed by atoms with van der Waals surface area (Å²) >= 11 is 0. The molecule has 0 spiro atoms. The predicted octanol–water partition coefficient (Wildman–Crippen LogP) is 3.93. The van der Waals surface area contributed by atoms with E-state index in [0.29, 0.717) is 0 Å². The van der Waals surface area contributed by atoms with Crippen LogP contribution in [0.4, 0.5) is 5.69 Å². The third-order valence-electron chi connectivity index (χ3n) is 3.21. The second-order valence-corrected chi connectivity index (χ2v) is 5.43. The van der Waals surface area contributed by atoms with Gasteiger partial charge < -0.3 is 10.4 Å². The third-order valence-corrected chi connectivity index (χ3v) is 3.21. The Morgan fingerprint density at radius 2 is 1.47 bits per heavy atom. The summed E-state index contributed by atoms with van der Waals surface area (Å²) in [4.78, 5) is 0. The van der Waals surface area contributed by atoms with E-state index in [1.54, 1.807) is 0 Å². The summed E-state index contributed by atoms with van der Waals surface area (Å²) in [5.74, 6) is 0. The quantitative estimate of drug-likeness (QED) is 0.848. The van der Waals surface area contributed by atoms with Gasteiger partial charge >= 0.3 is 0 Å². The molecule has 2 nitrogen and oxygen atoms in total. The van der Waals surface area contributed by atoms with Crippen molar-refractivity contribution in [2.24, 2.45) is 0 Å². The molecule has 0 aliphatic rings. The number of nitrogens with one attached hydrogen (secondary N) is 1. The van der Waals surface area contributed by atoms with Crippen molar-refractivity contribution in [2.75, 3.05) is 11.9 Å². The fourth-order valence-corrected chi connectivity index (χ4v) is 2.11. The summed E-state index contributed by atoms with van der Waals surface area (Å²) in [5, 5.41) is 12.5. The van der Waals surface area contributed by atoms with Gasteiger partial charge in [0, 0.05) is 17.8 Å². The maximum Gasteiger partial charge on any atom is 0.0453 e. The highest BCUT2D eigenvalue weighted by atomic mass is 16.3. The monoisotopic (exact) mass is 255 g/mol. The van der Waals surface area contributed by atoms with Gasteiger partial charge in [-0.15, -0.1) is 0 Å². The van der Waals surface area contributed by atoms with Gasteiger partial charge in [0.25, 0.3) is 0 Å². The number of hydrogen-bond acceptors (Lipinski definition) is 2. The maximum absolute atomic E-state index is 9.03. The molecule has 0 aliphatic carbocycles. The summed E-state index contributed by atoms with van der Waals surface area (Å²) < 4.78 is 0. The van der Waals surface area contributed by atoms with E-state index in [1.807, 2.05) is 18.2 Å². The first-order valence-electron chi connectivity index (χ1n) is 6.65. The Labute approximate surface area is 115 Å². The zero-order valence-corrected chi connectivity index (χ0v) is 11.6. The van der Waals surface area contributed by atoms with Crippen molar-refractivity contribution in [1.82, 2.24) is 0 Å². The summed E-state index contributed by atoms with van der Waals surface area (Å²) in [7, 11) is 0. The molecule has 0 unspecified atom stereocenters. The number of aliphatic hydroxyl groups excluding tert-OH is 1. The van der Waals surface area contributed by atoms with Gasteiger partial charge in [0.1, 0.15) is 0 Å². The fraction of sp³-hybridized carbons (Fsp3) is 0.294. The Morgan fingerprint density at radius 1 is 0.895 bits per heavy atom. The first kappa shape index (κ1) is 13.6. The van der Waals surface area contributed by atoms with E-state index in [1.165, 1.54) is 11.1 Å². The fourth-order valence-electron chi connectivity index (χ4n) is 2.11. The van der Waals surface area contributed by atoms with Crippen molar-refractivity contribution in [2.45, 2.75) is 25.8 Å². The van der Waals surface area contributed by atoms with Crippen LogP contribution >= 0.6 is 0 Å². The molecule has 0 fully saturated rings. The Kier molecular flexibility index (Phi) is 4.23. The smallest absolute Gasteiger partial charge is 0.0453 e. The maximum atomic E-state index is 9.03. The molecule has 2 heteroatoms. The minimum atomic E-state index is -0.0942. The lowest BCUT2D eigenvalue weighted by atomic mass is 10.00. The molecular weight excluding hydrogens is 234 g/mol. The number of anilines is 1. The zero-order chi connectivity index (χ0) is 13.7. The van der Waals surface area contributed by atoms with Crippen LogP contribution in [0.1, 0.15) is 20.3 Å². The van der Waals surface area contributed by atoms with Crippen molar-refractivity contribution >= 4 is 5.69 Å². The summed E-state index contributed by atoms with van der Waals surface area (Å²) in [5.41, 5.74) is 3.43. The molecule has 0 atom stereocenters. The van der Waals surface area contributed by atoms with E-state index >= 15 is 0 Å². The molecule has 0 saturated carbocycles. The van der Waals surface area contributed by atoms with Crippen LogP contribution in [0.25, 0.3) is 11.1 Å². The van der Waals surface area contributed by atoms with Crippen LogP contribution in [-0.2, 0) is 0 Å². The largest absolute Gasteiger partial charge is 0.396 e. The van der Waals surface area contributed by atoms with Crippen LogP contribution in [0.15, 0.2) is 54.6 Å². The normalized spacial score (nSPS) is 11.3. The first-order chi connectivity index (χ1) is 9.11. The van der Waals surface area contributed by atoms with Gasteiger partial charge in [0.15, 0.2) is 0 Å². The molecule has 2 N–H and O–H groups in total. The van der Waals surface area contributed by atoms with Gasteiger partial charge in [-0.25, -0.2) is 0 Å². The van der Waals surface area contributed by atoms with Gasteiger partial charge in [0.2, 0.25) is 0 Å². The standard InChI is InChI=1S/C17H21NO/c1-17(2,12-13-19)18-16-10-8-15(9-11-16)14-6-4-3-5-7-14/h3-11,18-19H,12-13H2,1-2H3. The van der Waals surface area contributed by atoms with Gasteiger partial charge in [-0.05, 0) is 43.5 Å². The summed E-state index contributed by atoms with van der Waals surface area (Å²) in [6.07, 6.45) is 0.730. The zero-order valence-electron chi connectivity index (χ0n) is 11.6. The molecule has 2 aromatic carbocycles. The van der Waals surface area contributed by atoms with Gasteiger partial charge in [-0.3, -0.25) is 0 Å². The second kappa shape index (κ2) is 5.89. The highest BCUT2D eigenvalue weighted by Crippen LogP contribution is 2.23. The lowest BCUT2D eigenvalue weighted by Gasteiger charge is -2.26. The van der Waals surface area contributed by atoms with Crippen LogP contribution in [0.3, 0.4) is 0 Å². The number of hydrogen-bond donors (Lipinski definition) is 2. The average molecular weight is 255 g/mol. The lowest BCUT2D eigenvalue weighted by molar-refractivity contribution is 0.261. The van der Waals surface area contributed by atoms with Crippen molar-refractivity contribution < 1.29 is 5.11 Å². The van der Waals surface area contributed by atoms with Crippen LogP contribution in [0.2, 0.25) is 0 Å². The molecule has 0 bridgehead atoms. The Balaban J connectivity index is 2.11. The van der Waals surface area contributed by atoms with Crippen molar-refractivity contribution in [3.63, 3.8) is 0 Å². The molecule has 19 heavy (non-hydrogen) atoms. The van der Waals surface area contributed by atoms with Crippen molar-refractivity contribution in [3.8, 4) is 11.1 Å². The van der Waals surface area contributed by atoms with Crippen LogP contribution in [0, 0.1) is 0 Å². The molecule has 0 aromatic heterocycles. The Hall–Kier alpha value is -1.80. The van der Waals surface area contributed by atoms with Gasteiger partial charge in [-0.2, -0.15) is 0 Å². The van der Waals surface area contributed by atoms with E-state index in [-0.39, 0.29) is 12.1 Å². The topological polar surface area (TPSA) is 32.3 Å². The van der Waals surface area contributed by atoms with E-state index in [9.17, 15) is 0 Å². The second-order valence-electron chi connectivity index (χ2n) is 5.43. The molecule has 2 rings (SSSR count). The first-order valence-corrected chi connectivity index (χ1v) is 6.65. The SMILES string of the molecule is CC(C)(CCO)Nc1ccc(-c2ccccc2)cc1. The predicted molar refractivity (Wildman–Crippen MR) is 81.3 cm³/mol. The average Bonchev–Trinajstić information content (AvgIpc) is 2.40. The van der Waals surface area contributed by atoms with E-state index in [0.717, 1.165) is 12.1 Å². The molecule has 0 radical (unpaired) electrons. The number of aliphatic hydroxyl groups is 1. The molecule has 0 amide bonds. The van der Waals surface area contributed by atoms with Gasteiger partial charge in [0.05, 0.1) is 0 Å². The van der Waals surface area contributed by atoms with Crippen molar-refractivity contribution in [3.05, 3.63) is 54.6 Å². The van der Waals surface area contributed by atoms with Crippen LogP contribution in [0.5, 0.6) is 0 Å². The summed E-state index contributed by atoms with van der Waals surface area (Å²) in [6.45, 7) is 4.38. The highest BCUT2D eigenvalue weighted by Gasteiger charge is 2.16.